The maximum atomic E-state index is 11.2. The number of benzene rings is 3. The summed E-state index contributed by atoms with van der Waals surface area (Å²) in [6, 6.07) is 24.6. The lowest BCUT2D eigenvalue weighted by Crippen LogP contribution is -2.34. The van der Waals surface area contributed by atoms with Crippen molar-refractivity contribution in [3.8, 4) is 0 Å². The molecule has 1 unspecified atom stereocenters. The Kier molecular flexibility index (Phi) is 5.94. The van der Waals surface area contributed by atoms with Crippen LogP contribution >= 0.6 is 27.7 Å². The number of amidine groups is 1. The monoisotopic (exact) mass is 468 g/mol. The Hall–Kier alpha value is -2.68. The molecule has 0 bridgehead atoms. The van der Waals surface area contributed by atoms with E-state index in [1.165, 1.54) is 17.8 Å². The van der Waals surface area contributed by atoms with Gasteiger partial charge in [0.1, 0.15) is 5.37 Å². The minimum atomic E-state index is -0.374. The first-order valence-electron chi connectivity index (χ1n) is 8.91. The normalized spacial score (nSPS) is 17.6. The number of nitro groups is 1. The fraction of sp³-hybridized carbons (Fsp3) is 0.0952. The Bertz CT molecular complexity index is 1060. The lowest BCUT2D eigenvalue weighted by Gasteiger charge is -2.19. The van der Waals surface area contributed by atoms with Crippen LogP contribution in [-0.4, -0.2) is 15.1 Å². The molecule has 146 valence electrons. The lowest BCUT2D eigenvalue weighted by molar-refractivity contribution is -0.384. The van der Waals surface area contributed by atoms with E-state index in [9.17, 15) is 10.1 Å². The number of rotatable bonds is 5. The van der Waals surface area contributed by atoms with Crippen molar-refractivity contribution in [2.24, 2.45) is 4.99 Å². The van der Waals surface area contributed by atoms with Crippen molar-refractivity contribution < 1.29 is 4.92 Å². The molecule has 3 aromatic rings. The molecule has 0 saturated carbocycles. The summed E-state index contributed by atoms with van der Waals surface area (Å²) in [5.74, 6) is 0. The van der Waals surface area contributed by atoms with E-state index in [1.807, 2.05) is 53.5 Å². The minimum Gasteiger partial charge on any atom is -0.281 e. The summed E-state index contributed by atoms with van der Waals surface area (Å²) in [5.41, 5.74) is 6.33. The lowest BCUT2D eigenvalue weighted by atomic mass is 10.2. The van der Waals surface area contributed by atoms with E-state index in [1.54, 1.807) is 12.1 Å². The van der Waals surface area contributed by atoms with E-state index >= 15 is 0 Å². The van der Waals surface area contributed by atoms with Gasteiger partial charge in [0.15, 0.2) is 5.17 Å². The van der Waals surface area contributed by atoms with Crippen molar-refractivity contribution in [3.05, 3.63) is 105 Å². The molecule has 0 aliphatic carbocycles. The highest BCUT2D eigenvalue weighted by molar-refractivity contribution is 9.10. The summed E-state index contributed by atoms with van der Waals surface area (Å²) in [7, 11) is 0. The van der Waals surface area contributed by atoms with Crippen LogP contribution in [0.4, 0.5) is 11.4 Å². The van der Waals surface area contributed by atoms with Crippen LogP contribution in [0.15, 0.2) is 88.3 Å². The minimum absolute atomic E-state index is 0.0805. The van der Waals surface area contributed by atoms with Crippen LogP contribution in [0.25, 0.3) is 0 Å². The molecular formula is C21H17BrN4O2S. The van der Waals surface area contributed by atoms with Crippen molar-refractivity contribution in [2.75, 3.05) is 0 Å². The second-order valence-electron chi connectivity index (χ2n) is 6.43. The smallest absolute Gasteiger partial charge is 0.269 e. The third-order valence-electron chi connectivity index (χ3n) is 4.33. The number of non-ortho nitro benzene ring substituents is 1. The molecule has 0 radical (unpaired) electrons. The van der Waals surface area contributed by atoms with Crippen molar-refractivity contribution in [1.29, 1.82) is 0 Å². The van der Waals surface area contributed by atoms with Crippen LogP contribution in [0.3, 0.4) is 0 Å². The Labute approximate surface area is 180 Å². The molecule has 1 aliphatic heterocycles. The number of hydrazine groups is 1. The molecule has 0 spiro atoms. The van der Waals surface area contributed by atoms with E-state index in [2.05, 4.69) is 33.5 Å². The maximum Gasteiger partial charge on any atom is 0.269 e. The number of aliphatic imine (C=N–C) groups is 1. The number of thioether (sulfide) groups is 1. The number of hydrogen-bond donors (Lipinski definition) is 1. The molecular weight excluding hydrogens is 452 g/mol. The van der Waals surface area contributed by atoms with Gasteiger partial charge in [-0.2, -0.15) is 0 Å². The van der Waals surface area contributed by atoms with Gasteiger partial charge < -0.3 is 0 Å². The zero-order valence-electron chi connectivity index (χ0n) is 15.2. The zero-order valence-corrected chi connectivity index (χ0v) is 17.6. The maximum absolute atomic E-state index is 11.2. The summed E-state index contributed by atoms with van der Waals surface area (Å²) in [6.45, 7) is 0.631. The van der Waals surface area contributed by atoms with Crippen LogP contribution in [0.5, 0.6) is 0 Å². The van der Waals surface area contributed by atoms with Gasteiger partial charge in [0, 0.05) is 16.6 Å². The molecule has 6 nitrogen and oxygen atoms in total. The molecule has 29 heavy (non-hydrogen) atoms. The second-order valence-corrected chi connectivity index (χ2v) is 8.41. The van der Waals surface area contributed by atoms with E-state index in [4.69, 9.17) is 4.99 Å². The first-order valence-corrected chi connectivity index (χ1v) is 10.6. The van der Waals surface area contributed by atoms with E-state index in [-0.39, 0.29) is 16.0 Å². The molecule has 1 heterocycles. The molecule has 1 fully saturated rings. The summed E-state index contributed by atoms with van der Waals surface area (Å²) in [5, 5.41) is 13.8. The average Bonchev–Trinajstić information content (AvgIpc) is 3.11. The molecule has 4 rings (SSSR count). The van der Waals surface area contributed by atoms with Crippen LogP contribution in [-0.2, 0) is 6.54 Å². The summed E-state index contributed by atoms with van der Waals surface area (Å²) >= 11 is 5.02. The van der Waals surface area contributed by atoms with Gasteiger partial charge in [-0.25, -0.2) is 10.4 Å². The largest absolute Gasteiger partial charge is 0.281 e. The van der Waals surface area contributed by atoms with E-state index < -0.39 is 0 Å². The van der Waals surface area contributed by atoms with E-state index in [0.717, 1.165) is 26.5 Å². The third-order valence-corrected chi connectivity index (χ3v) is 5.96. The molecule has 1 N–H and O–H groups in total. The number of halogens is 1. The highest BCUT2D eigenvalue weighted by Crippen LogP contribution is 2.37. The fourth-order valence-electron chi connectivity index (χ4n) is 2.96. The van der Waals surface area contributed by atoms with Gasteiger partial charge in [-0.3, -0.25) is 15.1 Å². The molecule has 3 aromatic carbocycles. The van der Waals surface area contributed by atoms with Crippen molar-refractivity contribution in [2.45, 2.75) is 11.9 Å². The Morgan fingerprint density at radius 3 is 2.62 bits per heavy atom. The molecule has 1 atom stereocenters. The van der Waals surface area contributed by atoms with Gasteiger partial charge >= 0.3 is 0 Å². The van der Waals surface area contributed by atoms with Crippen LogP contribution < -0.4 is 5.43 Å². The summed E-state index contributed by atoms with van der Waals surface area (Å²) in [4.78, 5) is 15.6. The number of nitrogens with zero attached hydrogens (tertiary/aromatic N) is 3. The molecule has 1 saturated heterocycles. The van der Waals surface area contributed by atoms with Crippen LogP contribution in [0.2, 0.25) is 0 Å². The molecule has 1 aliphatic rings. The number of hydrogen-bond acceptors (Lipinski definition) is 5. The van der Waals surface area contributed by atoms with Crippen molar-refractivity contribution in [1.82, 2.24) is 10.4 Å². The van der Waals surface area contributed by atoms with Gasteiger partial charge in [0.25, 0.3) is 5.69 Å². The molecule has 0 aromatic heterocycles. The first-order chi connectivity index (χ1) is 14.1. The topological polar surface area (TPSA) is 70.8 Å². The molecule has 8 heteroatoms. The van der Waals surface area contributed by atoms with Gasteiger partial charge in [-0.15, -0.1) is 0 Å². The first kappa shape index (κ1) is 19.6. The fourth-order valence-corrected chi connectivity index (χ4v) is 4.42. The van der Waals surface area contributed by atoms with Crippen LogP contribution in [0.1, 0.15) is 16.5 Å². The summed E-state index contributed by atoms with van der Waals surface area (Å²) in [6.07, 6.45) is 0. The van der Waals surface area contributed by atoms with Crippen molar-refractivity contribution >= 4 is 44.2 Å². The Morgan fingerprint density at radius 2 is 1.86 bits per heavy atom. The zero-order chi connectivity index (χ0) is 20.2. The Balaban J connectivity index is 1.65. The number of nitro benzene ring substituents is 1. The second kappa shape index (κ2) is 8.77. The van der Waals surface area contributed by atoms with Gasteiger partial charge in [-0.1, -0.05) is 76.2 Å². The third kappa shape index (κ3) is 4.84. The quantitative estimate of drug-likeness (QED) is 0.378. The highest BCUT2D eigenvalue weighted by Gasteiger charge is 2.30. The van der Waals surface area contributed by atoms with Crippen LogP contribution in [0, 0.1) is 10.1 Å². The highest BCUT2D eigenvalue weighted by atomic mass is 79.9. The van der Waals surface area contributed by atoms with Gasteiger partial charge in [-0.05, 0) is 29.3 Å². The SMILES string of the molecule is O=[N+]([O-])c1cccc(C2NN(Cc3ccccc3)C(=Nc3cccc(Br)c3)S2)c1. The standard InChI is InChI=1S/C21H17BrN4O2S/c22-17-9-5-10-18(13-17)23-21-25(14-15-6-2-1-3-7-15)24-20(29-21)16-8-4-11-19(12-16)26(27)28/h1-13,20,24H,14H2. The predicted octanol–water partition coefficient (Wildman–Crippen LogP) is 5.80. The van der Waals surface area contributed by atoms with Gasteiger partial charge in [0.05, 0.1) is 17.2 Å². The summed E-state index contributed by atoms with van der Waals surface area (Å²) < 4.78 is 0.958. The molecule has 0 amide bonds. The Morgan fingerprint density at radius 1 is 1.07 bits per heavy atom. The average molecular weight is 469 g/mol. The van der Waals surface area contributed by atoms with Gasteiger partial charge in [0.2, 0.25) is 0 Å². The van der Waals surface area contributed by atoms with Crippen molar-refractivity contribution in [3.63, 3.8) is 0 Å². The predicted molar refractivity (Wildman–Crippen MR) is 120 cm³/mol. The van der Waals surface area contributed by atoms with E-state index in [0.29, 0.717) is 6.54 Å². The number of nitrogens with one attached hydrogen (secondary N) is 1.